The van der Waals surface area contributed by atoms with Crippen molar-refractivity contribution in [1.29, 1.82) is 0 Å². The molecule has 4 bridgehead atoms. The van der Waals surface area contributed by atoms with E-state index >= 15 is 0 Å². The summed E-state index contributed by atoms with van der Waals surface area (Å²) >= 11 is 0. The Hall–Kier alpha value is -6.06. The summed E-state index contributed by atoms with van der Waals surface area (Å²) in [5, 5.41) is 2.37. The van der Waals surface area contributed by atoms with Crippen LogP contribution in [0.15, 0.2) is 168 Å². The van der Waals surface area contributed by atoms with Crippen LogP contribution in [0.5, 0.6) is 0 Å². The van der Waals surface area contributed by atoms with Gasteiger partial charge in [0.15, 0.2) is 0 Å². The largest absolute Gasteiger partial charge is 0.456 e. The first-order valence-electron chi connectivity index (χ1n) is 23.6. The van der Waals surface area contributed by atoms with Gasteiger partial charge >= 0.3 is 0 Å². The number of para-hydroxylation sites is 4. The molecule has 3 atom stereocenters. The normalized spacial score (nSPS) is 27.3. The molecule has 5 saturated carbocycles. The molecule has 0 aliphatic heterocycles. The van der Waals surface area contributed by atoms with Crippen LogP contribution >= 0.6 is 0 Å². The lowest BCUT2D eigenvalue weighted by Crippen LogP contribution is -2.49. The molecule has 0 radical (unpaired) electrons. The van der Waals surface area contributed by atoms with Gasteiger partial charge in [0.25, 0.3) is 0 Å². The molecule has 0 amide bonds. The highest BCUT2D eigenvalue weighted by molar-refractivity contribution is 6.06. The van der Waals surface area contributed by atoms with Gasteiger partial charge in [-0.1, -0.05) is 97.1 Å². The van der Waals surface area contributed by atoms with Gasteiger partial charge in [0, 0.05) is 45.0 Å². The predicted octanol–water partition coefficient (Wildman–Crippen LogP) is 15.4. The lowest BCUT2D eigenvalue weighted by atomic mass is 9.48. The third kappa shape index (κ3) is 4.94. The Morgan fingerprint density at radius 2 is 0.968 bits per heavy atom. The number of fused-ring (bicyclic) bond motifs is 5. The maximum Gasteiger partial charge on any atom is 0.137 e. The smallest absolute Gasteiger partial charge is 0.137 e. The number of furan rings is 1. The van der Waals surface area contributed by atoms with E-state index in [1.54, 1.807) is 16.7 Å². The molecular formula is C59H52N2O. The average Bonchev–Trinajstić information content (AvgIpc) is 4.04. The zero-order valence-electron chi connectivity index (χ0n) is 35.3. The van der Waals surface area contributed by atoms with Gasteiger partial charge in [-0.25, -0.2) is 0 Å². The molecule has 15 rings (SSSR count). The van der Waals surface area contributed by atoms with Crippen LogP contribution in [0.1, 0.15) is 79.2 Å². The summed E-state index contributed by atoms with van der Waals surface area (Å²) in [7, 11) is 0. The van der Waals surface area contributed by atoms with Crippen molar-refractivity contribution in [3.63, 3.8) is 0 Å². The van der Waals surface area contributed by atoms with Crippen molar-refractivity contribution in [2.75, 3.05) is 9.80 Å². The van der Waals surface area contributed by atoms with Gasteiger partial charge in [0.2, 0.25) is 0 Å². The summed E-state index contributed by atoms with van der Waals surface area (Å²) < 4.78 is 6.72. The van der Waals surface area contributed by atoms with E-state index in [0.29, 0.717) is 11.8 Å². The molecule has 7 aromatic carbocycles. The molecular weight excluding hydrogens is 753 g/mol. The molecule has 3 heteroatoms. The van der Waals surface area contributed by atoms with Crippen molar-refractivity contribution in [3.8, 4) is 0 Å². The fourth-order valence-electron chi connectivity index (χ4n) is 15.4. The van der Waals surface area contributed by atoms with Crippen LogP contribution in [0.25, 0.3) is 21.9 Å². The van der Waals surface area contributed by atoms with Gasteiger partial charge in [-0.2, -0.15) is 0 Å². The molecule has 0 saturated heterocycles. The minimum Gasteiger partial charge on any atom is -0.456 e. The van der Waals surface area contributed by atoms with Crippen LogP contribution in [-0.4, -0.2) is 0 Å². The Kier molecular flexibility index (Phi) is 7.58. The van der Waals surface area contributed by atoms with Gasteiger partial charge < -0.3 is 14.2 Å². The highest BCUT2D eigenvalue weighted by atomic mass is 16.3. The molecule has 1 heterocycles. The minimum atomic E-state index is -0.114. The Balaban J connectivity index is 1.03. The highest BCUT2D eigenvalue weighted by Crippen LogP contribution is 2.69. The van der Waals surface area contributed by atoms with Gasteiger partial charge in [0.05, 0.1) is 11.4 Å². The van der Waals surface area contributed by atoms with Crippen molar-refractivity contribution < 1.29 is 4.42 Å². The molecule has 1 aromatic heterocycles. The first kappa shape index (κ1) is 35.5. The van der Waals surface area contributed by atoms with E-state index in [9.17, 15) is 0 Å². The fraction of sp³-hybridized carbons (Fsp3) is 0.288. The second-order valence-electron chi connectivity index (χ2n) is 20.2. The topological polar surface area (TPSA) is 19.6 Å². The average molecular weight is 805 g/mol. The zero-order chi connectivity index (χ0) is 40.6. The van der Waals surface area contributed by atoms with Crippen LogP contribution in [0.3, 0.4) is 0 Å². The summed E-state index contributed by atoms with van der Waals surface area (Å²) in [6.07, 6.45) is 13.1. The predicted molar refractivity (Wildman–Crippen MR) is 254 cm³/mol. The Morgan fingerprint density at radius 3 is 1.61 bits per heavy atom. The number of nitrogens with zero attached hydrogens (tertiary/aromatic N) is 2. The van der Waals surface area contributed by atoms with Crippen molar-refractivity contribution >= 4 is 56.1 Å². The minimum absolute atomic E-state index is 0.114. The van der Waals surface area contributed by atoms with Crippen LogP contribution < -0.4 is 9.80 Å². The quantitative estimate of drug-likeness (QED) is 0.160. The molecule has 3 nitrogen and oxygen atoms in total. The van der Waals surface area contributed by atoms with Crippen LogP contribution in [0.4, 0.5) is 34.1 Å². The number of hydrogen-bond donors (Lipinski definition) is 0. The van der Waals surface area contributed by atoms with Gasteiger partial charge in [0.1, 0.15) is 11.2 Å². The maximum atomic E-state index is 6.72. The highest BCUT2D eigenvalue weighted by Gasteiger charge is 2.62. The second kappa shape index (κ2) is 13.2. The van der Waals surface area contributed by atoms with Crippen LogP contribution in [0, 0.1) is 29.6 Å². The summed E-state index contributed by atoms with van der Waals surface area (Å²) in [6, 6.07) is 62.1. The second-order valence-corrected chi connectivity index (χ2v) is 20.2. The van der Waals surface area contributed by atoms with Crippen molar-refractivity contribution in [2.45, 2.75) is 75.0 Å². The van der Waals surface area contributed by atoms with E-state index < -0.39 is 0 Å². The first-order chi connectivity index (χ1) is 30.6. The standard InChI is InChI=1S/C59H52N2O/c1-3-15-45(16-4-1)60(46-17-5-2-6-18-46)52-22-11-13-41-32-43-25-26-44-33-42-14-12-23-53(57(42)59(43,44)56(41)52)61(47-27-28-49-48-19-7-10-24-54(48)62-55(49)34-47)51-21-9-8-20-50(51)58-35-38-29-39(36-58)31-40(30-38)37-58/h1-24,27-28,34,38-40,43-44H,25-26,29-33,35-37H2. The summed E-state index contributed by atoms with van der Waals surface area (Å²) in [6.45, 7) is 0. The molecule has 8 aromatic rings. The Labute approximate surface area is 365 Å². The molecule has 62 heavy (non-hydrogen) atoms. The van der Waals surface area contributed by atoms with Gasteiger partial charge in [-0.05, 0) is 188 Å². The van der Waals surface area contributed by atoms with Gasteiger partial charge in [-0.15, -0.1) is 0 Å². The van der Waals surface area contributed by atoms with Crippen molar-refractivity contribution in [1.82, 2.24) is 0 Å². The molecule has 7 aliphatic rings. The molecule has 304 valence electrons. The molecule has 1 spiro atoms. The number of rotatable bonds is 7. The lowest BCUT2D eigenvalue weighted by Gasteiger charge is -2.57. The van der Waals surface area contributed by atoms with E-state index in [-0.39, 0.29) is 10.8 Å². The number of benzene rings is 7. The summed E-state index contributed by atoms with van der Waals surface area (Å²) in [4.78, 5) is 5.29. The van der Waals surface area contributed by atoms with Crippen molar-refractivity contribution in [2.24, 2.45) is 29.6 Å². The SMILES string of the molecule is c1ccc(N(c2ccccc2)c2cccc3c2C24c5c(cccc5N(c5ccc6c(c5)oc5ccccc56)c5ccccc5C56CC7CC(CC(C7)C5)C6)CC2CCC4C3)cc1. The van der Waals surface area contributed by atoms with Gasteiger partial charge in [-0.3, -0.25) is 0 Å². The zero-order valence-corrected chi connectivity index (χ0v) is 35.3. The van der Waals surface area contributed by atoms with Crippen LogP contribution in [-0.2, 0) is 23.7 Å². The molecule has 3 unspecified atom stereocenters. The number of anilines is 6. The van der Waals surface area contributed by atoms with E-state index in [1.165, 1.54) is 107 Å². The van der Waals surface area contributed by atoms with E-state index in [4.69, 9.17) is 4.42 Å². The first-order valence-corrected chi connectivity index (χ1v) is 23.6. The summed E-state index contributed by atoms with van der Waals surface area (Å²) in [5.41, 5.74) is 17.5. The Bertz CT molecular complexity index is 2970. The van der Waals surface area contributed by atoms with E-state index in [1.807, 2.05) is 0 Å². The van der Waals surface area contributed by atoms with Crippen LogP contribution in [0.2, 0.25) is 0 Å². The van der Waals surface area contributed by atoms with Crippen molar-refractivity contribution in [3.05, 3.63) is 192 Å². The third-order valence-electron chi connectivity index (χ3n) is 17.1. The third-order valence-corrected chi connectivity index (χ3v) is 17.1. The number of hydrogen-bond acceptors (Lipinski definition) is 3. The van der Waals surface area contributed by atoms with E-state index in [2.05, 4.69) is 174 Å². The fourth-order valence-corrected chi connectivity index (χ4v) is 15.4. The Morgan fingerprint density at radius 1 is 0.435 bits per heavy atom. The van der Waals surface area contributed by atoms with E-state index in [0.717, 1.165) is 41.8 Å². The monoisotopic (exact) mass is 804 g/mol. The maximum absolute atomic E-state index is 6.72. The molecule has 0 N–H and O–H groups in total. The lowest BCUT2D eigenvalue weighted by molar-refractivity contribution is -0.00491. The molecule has 7 aliphatic carbocycles. The summed E-state index contributed by atoms with van der Waals surface area (Å²) in [5.74, 6) is 3.66. The molecule has 5 fully saturated rings.